The van der Waals surface area contributed by atoms with Crippen molar-refractivity contribution >= 4 is 0 Å². The molecule has 0 bridgehead atoms. The molecule has 0 N–H and O–H groups in total. The molecule has 1 fully saturated rings. The molecule has 2 unspecified atom stereocenters. The van der Waals surface area contributed by atoms with Gasteiger partial charge in [0.2, 0.25) is 5.82 Å². The molecule has 152 valence electrons. The summed E-state index contributed by atoms with van der Waals surface area (Å²) in [6.45, 7) is 4.77. The lowest BCUT2D eigenvalue weighted by Crippen LogP contribution is -2.20. The minimum atomic E-state index is -1.11. The fourth-order valence-electron chi connectivity index (χ4n) is 3.75. The molecule has 0 spiro atoms. The molecule has 2 atom stereocenters. The Morgan fingerprint density at radius 3 is 2.43 bits per heavy atom. The normalized spacial score (nSPS) is 19.6. The first-order valence-electron chi connectivity index (χ1n) is 10.1. The summed E-state index contributed by atoms with van der Waals surface area (Å²) in [5.41, 5.74) is 0.649. The van der Waals surface area contributed by atoms with Gasteiger partial charge in [-0.05, 0) is 55.9 Å². The van der Waals surface area contributed by atoms with Gasteiger partial charge in [0.1, 0.15) is 5.82 Å². The number of hydrogen-bond donors (Lipinski definition) is 0. The summed E-state index contributed by atoms with van der Waals surface area (Å²) < 4.78 is 54.2. The van der Waals surface area contributed by atoms with Crippen molar-refractivity contribution < 1.29 is 22.6 Å². The zero-order chi connectivity index (χ0) is 20.1. The number of hydrogen-bond acceptors (Lipinski definition) is 2. The number of halogens is 3. The molecule has 1 aliphatic heterocycles. The standard InChI is InChI=1S/C23H27F3O2/c1-3-5-6-15-7-11-20(28-14-15)16-8-9-17(19(24)13-16)18-10-12-21(27-4-2)23(26)22(18)25/h8-10,12-13,15,20H,3-7,11,14H2,1-2H3. The van der Waals surface area contributed by atoms with E-state index in [4.69, 9.17) is 9.47 Å². The minimum absolute atomic E-state index is 0.0276. The molecule has 28 heavy (non-hydrogen) atoms. The first-order valence-corrected chi connectivity index (χ1v) is 10.1. The maximum atomic E-state index is 14.7. The summed E-state index contributed by atoms with van der Waals surface area (Å²) in [5.74, 6) is -2.39. The summed E-state index contributed by atoms with van der Waals surface area (Å²) in [7, 11) is 0. The average Bonchev–Trinajstić information content (AvgIpc) is 2.71. The van der Waals surface area contributed by atoms with E-state index in [2.05, 4.69) is 6.92 Å². The van der Waals surface area contributed by atoms with Crippen molar-refractivity contribution in [2.75, 3.05) is 13.2 Å². The lowest BCUT2D eigenvalue weighted by atomic mass is 9.90. The van der Waals surface area contributed by atoms with Gasteiger partial charge in [-0.1, -0.05) is 31.9 Å². The highest BCUT2D eigenvalue weighted by molar-refractivity contribution is 5.66. The molecule has 3 rings (SSSR count). The second-order valence-corrected chi connectivity index (χ2v) is 7.32. The van der Waals surface area contributed by atoms with E-state index in [1.807, 2.05) is 0 Å². The van der Waals surface area contributed by atoms with Gasteiger partial charge in [0.15, 0.2) is 11.6 Å². The van der Waals surface area contributed by atoms with Gasteiger partial charge >= 0.3 is 0 Å². The van der Waals surface area contributed by atoms with E-state index in [0.29, 0.717) is 12.5 Å². The van der Waals surface area contributed by atoms with Crippen molar-refractivity contribution in [3.63, 3.8) is 0 Å². The van der Waals surface area contributed by atoms with Crippen LogP contribution in [-0.4, -0.2) is 13.2 Å². The van der Waals surface area contributed by atoms with Crippen LogP contribution in [0.3, 0.4) is 0 Å². The summed E-state index contributed by atoms with van der Waals surface area (Å²) in [6, 6.07) is 7.28. The minimum Gasteiger partial charge on any atom is -0.491 e. The molecule has 0 aromatic heterocycles. The van der Waals surface area contributed by atoms with Crippen LogP contribution in [0.4, 0.5) is 13.2 Å². The smallest absolute Gasteiger partial charge is 0.201 e. The second kappa shape index (κ2) is 9.46. The van der Waals surface area contributed by atoms with E-state index >= 15 is 0 Å². The van der Waals surface area contributed by atoms with E-state index in [1.165, 1.54) is 43.5 Å². The molecule has 0 saturated carbocycles. The van der Waals surface area contributed by atoms with E-state index in [-0.39, 0.29) is 29.6 Å². The highest BCUT2D eigenvalue weighted by Crippen LogP contribution is 2.36. The number of unbranched alkanes of at least 4 members (excludes halogenated alkanes) is 1. The topological polar surface area (TPSA) is 18.5 Å². The zero-order valence-corrected chi connectivity index (χ0v) is 16.4. The summed E-state index contributed by atoms with van der Waals surface area (Å²) >= 11 is 0. The van der Waals surface area contributed by atoms with Crippen LogP contribution in [0.25, 0.3) is 11.1 Å². The monoisotopic (exact) mass is 392 g/mol. The van der Waals surface area contributed by atoms with Gasteiger partial charge in [-0.15, -0.1) is 0 Å². The van der Waals surface area contributed by atoms with Crippen molar-refractivity contribution in [2.45, 2.75) is 52.1 Å². The second-order valence-electron chi connectivity index (χ2n) is 7.32. The lowest BCUT2D eigenvalue weighted by Gasteiger charge is -2.29. The highest BCUT2D eigenvalue weighted by atomic mass is 19.2. The predicted octanol–water partition coefficient (Wildman–Crippen LogP) is 6.83. The van der Waals surface area contributed by atoms with Crippen molar-refractivity contribution in [2.24, 2.45) is 5.92 Å². The number of benzene rings is 2. The Balaban J connectivity index is 1.76. The fraction of sp³-hybridized carbons (Fsp3) is 0.478. The maximum absolute atomic E-state index is 14.7. The van der Waals surface area contributed by atoms with Gasteiger partial charge in [0.25, 0.3) is 0 Å². The third-order valence-corrected chi connectivity index (χ3v) is 5.34. The maximum Gasteiger partial charge on any atom is 0.201 e. The van der Waals surface area contributed by atoms with Crippen LogP contribution in [0.5, 0.6) is 5.75 Å². The van der Waals surface area contributed by atoms with Crippen molar-refractivity contribution in [3.8, 4) is 16.9 Å². The van der Waals surface area contributed by atoms with Crippen LogP contribution < -0.4 is 4.74 Å². The predicted molar refractivity (Wildman–Crippen MR) is 104 cm³/mol. The number of rotatable bonds is 7. The molecular weight excluding hydrogens is 365 g/mol. The molecule has 0 aliphatic carbocycles. The Bertz CT molecular complexity index is 799. The van der Waals surface area contributed by atoms with Crippen molar-refractivity contribution in [1.82, 2.24) is 0 Å². The van der Waals surface area contributed by atoms with Gasteiger partial charge in [0.05, 0.1) is 19.3 Å². The van der Waals surface area contributed by atoms with Gasteiger partial charge in [-0.25, -0.2) is 8.78 Å². The Morgan fingerprint density at radius 2 is 1.79 bits per heavy atom. The first kappa shape index (κ1) is 20.7. The lowest BCUT2D eigenvalue weighted by molar-refractivity contribution is -0.0199. The largest absolute Gasteiger partial charge is 0.491 e. The van der Waals surface area contributed by atoms with Gasteiger partial charge in [-0.3, -0.25) is 0 Å². The highest BCUT2D eigenvalue weighted by Gasteiger charge is 2.24. The third-order valence-electron chi connectivity index (χ3n) is 5.34. The van der Waals surface area contributed by atoms with Gasteiger partial charge in [0, 0.05) is 11.1 Å². The van der Waals surface area contributed by atoms with E-state index in [1.54, 1.807) is 13.0 Å². The quantitative estimate of drug-likeness (QED) is 0.514. The third kappa shape index (κ3) is 4.52. The molecule has 5 heteroatoms. The Labute approximate surface area is 164 Å². The van der Waals surface area contributed by atoms with Crippen LogP contribution in [0.1, 0.15) is 57.6 Å². The Hall–Kier alpha value is -2.01. The molecule has 2 aromatic rings. The Kier molecular flexibility index (Phi) is 7.00. The van der Waals surface area contributed by atoms with Crippen LogP contribution >= 0.6 is 0 Å². The van der Waals surface area contributed by atoms with Crippen molar-refractivity contribution in [1.29, 1.82) is 0 Å². The molecule has 1 heterocycles. The van der Waals surface area contributed by atoms with Crippen LogP contribution in [0, 0.1) is 23.4 Å². The zero-order valence-electron chi connectivity index (χ0n) is 16.4. The summed E-state index contributed by atoms with van der Waals surface area (Å²) in [6.07, 6.45) is 5.30. The van der Waals surface area contributed by atoms with Crippen molar-refractivity contribution in [3.05, 3.63) is 53.3 Å². The Morgan fingerprint density at radius 1 is 1.00 bits per heavy atom. The van der Waals surface area contributed by atoms with E-state index in [9.17, 15) is 13.2 Å². The summed E-state index contributed by atoms with van der Waals surface area (Å²) in [4.78, 5) is 0. The summed E-state index contributed by atoms with van der Waals surface area (Å²) in [5, 5.41) is 0. The average molecular weight is 392 g/mol. The van der Waals surface area contributed by atoms with Gasteiger partial charge in [-0.2, -0.15) is 4.39 Å². The van der Waals surface area contributed by atoms with Crippen LogP contribution in [-0.2, 0) is 4.74 Å². The number of ether oxygens (including phenoxy) is 2. The SMILES string of the molecule is CCCCC1CCC(c2ccc(-c3ccc(OCC)c(F)c3F)c(F)c2)OC1. The molecular formula is C23H27F3O2. The van der Waals surface area contributed by atoms with E-state index in [0.717, 1.165) is 18.4 Å². The molecule has 1 aliphatic rings. The molecule has 2 nitrogen and oxygen atoms in total. The molecule has 0 amide bonds. The van der Waals surface area contributed by atoms with E-state index < -0.39 is 17.5 Å². The van der Waals surface area contributed by atoms with Crippen LogP contribution in [0.2, 0.25) is 0 Å². The molecule has 1 saturated heterocycles. The first-order chi connectivity index (χ1) is 13.5. The van der Waals surface area contributed by atoms with Gasteiger partial charge < -0.3 is 9.47 Å². The molecule has 2 aromatic carbocycles. The molecule has 0 radical (unpaired) electrons. The fourth-order valence-corrected chi connectivity index (χ4v) is 3.75. The van der Waals surface area contributed by atoms with Crippen LogP contribution in [0.15, 0.2) is 30.3 Å².